The van der Waals surface area contributed by atoms with Crippen molar-refractivity contribution in [3.05, 3.63) is 47.5 Å². The van der Waals surface area contributed by atoms with Crippen molar-refractivity contribution < 1.29 is 13.9 Å². The van der Waals surface area contributed by atoms with Crippen LogP contribution in [0.25, 0.3) is 10.9 Å². The first-order chi connectivity index (χ1) is 13.1. The standard InChI is InChI=1S/C19H18ClFN4O2/c20-14-7-11(1-2-15(14)21)25-19-13-8-16(22)18(9-17(13)23-10-24-19)27-12-3-5-26-6-4-12/h1-2,7-10,12H,3-6,22H2,(H,23,24,25). The van der Waals surface area contributed by atoms with Gasteiger partial charge in [0.1, 0.15) is 29.8 Å². The Morgan fingerprint density at radius 3 is 2.78 bits per heavy atom. The molecule has 0 aliphatic carbocycles. The Morgan fingerprint density at radius 2 is 2.00 bits per heavy atom. The van der Waals surface area contributed by atoms with E-state index in [4.69, 9.17) is 26.8 Å². The van der Waals surface area contributed by atoms with Gasteiger partial charge in [-0.15, -0.1) is 0 Å². The van der Waals surface area contributed by atoms with Crippen molar-refractivity contribution >= 4 is 39.7 Å². The molecule has 1 aliphatic rings. The van der Waals surface area contributed by atoms with Crippen molar-refractivity contribution in [3.63, 3.8) is 0 Å². The van der Waals surface area contributed by atoms with E-state index in [1.165, 1.54) is 18.5 Å². The maximum absolute atomic E-state index is 13.4. The minimum Gasteiger partial charge on any atom is -0.488 e. The van der Waals surface area contributed by atoms with Gasteiger partial charge in [0.25, 0.3) is 0 Å². The largest absolute Gasteiger partial charge is 0.488 e. The number of nitrogens with zero attached hydrogens (tertiary/aromatic N) is 2. The minimum absolute atomic E-state index is 0.0324. The monoisotopic (exact) mass is 388 g/mol. The van der Waals surface area contributed by atoms with Crippen LogP contribution in [0.1, 0.15) is 12.8 Å². The number of ether oxygens (including phenoxy) is 2. The van der Waals surface area contributed by atoms with Gasteiger partial charge in [0.15, 0.2) is 0 Å². The predicted molar refractivity (Wildman–Crippen MR) is 103 cm³/mol. The number of anilines is 3. The number of halogens is 2. The molecular weight excluding hydrogens is 371 g/mol. The Morgan fingerprint density at radius 1 is 1.19 bits per heavy atom. The summed E-state index contributed by atoms with van der Waals surface area (Å²) in [4.78, 5) is 8.58. The second-order valence-corrected chi connectivity index (χ2v) is 6.72. The van der Waals surface area contributed by atoms with E-state index in [1.807, 2.05) is 6.07 Å². The molecule has 1 saturated heterocycles. The molecule has 0 atom stereocenters. The lowest BCUT2D eigenvalue weighted by Gasteiger charge is -2.24. The molecule has 1 fully saturated rings. The molecule has 0 bridgehead atoms. The number of aromatic nitrogens is 2. The summed E-state index contributed by atoms with van der Waals surface area (Å²) in [6.07, 6.45) is 3.20. The van der Waals surface area contributed by atoms with Crippen LogP contribution in [0.2, 0.25) is 5.02 Å². The molecule has 3 N–H and O–H groups in total. The fraction of sp³-hybridized carbons (Fsp3) is 0.263. The zero-order valence-corrected chi connectivity index (χ0v) is 15.2. The first-order valence-corrected chi connectivity index (χ1v) is 8.98. The molecule has 1 aliphatic heterocycles. The Kier molecular flexibility index (Phi) is 4.96. The van der Waals surface area contributed by atoms with Crippen molar-refractivity contribution in [2.75, 3.05) is 24.3 Å². The second kappa shape index (κ2) is 7.54. The van der Waals surface area contributed by atoms with E-state index >= 15 is 0 Å². The highest BCUT2D eigenvalue weighted by molar-refractivity contribution is 6.31. The molecule has 6 nitrogen and oxygen atoms in total. The summed E-state index contributed by atoms with van der Waals surface area (Å²) in [7, 11) is 0. The van der Waals surface area contributed by atoms with E-state index in [0.29, 0.717) is 41.7 Å². The van der Waals surface area contributed by atoms with Gasteiger partial charge in [-0.1, -0.05) is 11.6 Å². The number of nitrogen functional groups attached to an aromatic ring is 1. The van der Waals surface area contributed by atoms with Crippen molar-refractivity contribution in [2.45, 2.75) is 18.9 Å². The molecular formula is C19H18ClFN4O2. The quantitative estimate of drug-likeness (QED) is 0.648. The molecule has 3 aromatic rings. The molecule has 27 heavy (non-hydrogen) atoms. The molecule has 0 unspecified atom stereocenters. The van der Waals surface area contributed by atoms with E-state index in [1.54, 1.807) is 12.1 Å². The lowest BCUT2D eigenvalue weighted by molar-refractivity contribution is 0.0259. The molecule has 140 valence electrons. The average molecular weight is 389 g/mol. The van der Waals surface area contributed by atoms with Gasteiger partial charge in [-0.3, -0.25) is 0 Å². The van der Waals surface area contributed by atoms with Crippen LogP contribution < -0.4 is 15.8 Å². The Bertz CT molecular complexity index is 979. The summed E-state index contributed by atoms with van der Waals surface area (Å²) in [5.74, 6) is 0.671. The lowest BCUT2D eigenvalue weighted by Crippen LogP contribution is -2.26. The number of nitrogens with one attached hydrogen (secondary N) is 1. The Hall–Kier alpha value is -2.64. The summed E-state index contributed by atoms with van der Waals surface area (Å²) in [5.41, 5.74) is 8.01. The Balaban J connectivity index is 1.64. The van der Waals surface area contributed by atoms with Crippen LogP contribution in [0, 0.1) is 5.82 Å². The Labute approximate surface area is 160 Å². The lowest BCUT2D eigenvalue weighted by atomic mass is 10.1. The molecule has 0 radical (unpaired) electrons. The highest BCUT2D eigenvalue weighted by Crippen LogP contribution is 2.33. The fourth-order valence-corrected chi connectivity index (χ4v) is 3.17. The van der Waals surface area contributed by atoms with Gasteiger partial charge in [-0.2, -0.15) is 0 Å². The molecule has 2 heterocycles. The van der Waals surface area contributed by atoms with E-state index < -0.39 is 5.82 Å². The summed E-state index contributed by atoms with van der Waals surface area (Å²) < 4.78 is 24.7. The summed E-state index contributed by atoms with van der Waals surface area (Å²) in [6, 6.07) is 7.96. The molecule has 1 aromatic heterocycles. The van der Waals surface area contributed by atoms with Crippen molar-refractivity contribution in [3.8, 4) is 5.75 Å². The smallest absolute Gasteiger partial charge is 0.144 e. The number of nitrogens with two attached hydrogens (primary N) is 1. The number of benzene rings is 2. The average Bonchev–Trinajstić information content (AvgIpc) is 2.67. The van der Waals surface area contributed by atoms with Gasteiger partial charge in [0.2, 0.25) is 0 Å². The molecule has 0 spiro atoms. The van der Waals surface area contributed by atoms with E-state index in [9.17, 15) is 4.39 Å². The SMILES string of the molecule is Nc1cc2c(Nc3ccc(F)c(Cl)c3)ncnc2cc1OC1CCOCC1. The van der Waals surface area contributed by atoms with Crippen LogP contribution in [-0.2, 0) is 4.74 Å². The number of hydrogen-bond acceptors (Lipinski definition) is 6. The van der Waals surface area contributed by atoms with Crippen molar-refractivity contribution in [2.24, 2.45) is 0 Å². The predicted octanol–water partition coefficient (Wildman–Crippen LogP) is 4.31. The zero-order valence-electron chi connectivity index (χ0n) is 14.4. The normalized spacial score (nSPS) is 15.0. The van der Waals surface area contributed by atoms with Crippen molar-refractivity contribution in [1.82, 2.24) is 9.97 Å². The fourth-order valence-electron chi connectivity index (χ4n) is 2.99. The third-order valence-corrected chi connectivity index (χ3v) is 4.70. The first-order valence-electron chi connectivity index (χ1n) is 8.61. The maximum atomic E-state index is 13.4. The highest BCUT2D eigenvalue weighted by atomic mass is 35.5. The van der Waals surface area contributed by atoms with Crippen LogP contribution in [-0.4, -0.2) is 29.3 Å². The number of hydrogen-bond donors (Lipinski definition) is 2. The van der Waals surface area contributed by atoms with Gasteiger partial charge in [-0.05, 0) is 24.3 Å². The zero-order chi connectivity index (χ0) is 18.8. The van der Waals surface area contributed by atoms with Gasteiger partial charge in [0.05, 0.1) is 29.4 Å². The number of rotatable bonds is 4. The van der Waals surface area contributed by atoms with Crippen LogP contribution in [0.3, 0.4) is 0 Å². The van der Waals surface area contributed by atoms with Crippen LogP contribution in [0.5, 0.6) is 5.75 Å². The first kappa shape index (κ1) is 17.8. The van der Waals surface area contributed by atoms with E-state index in [-0.39, 0.29) is 11.1 Å². The molecule has 4 rings (SSSR count). The molecule has 2 aromatic carbocycles. The van der Waals surface area contributed by atoms with Crippen LogP contribution in [0.15, 0.2) is 36.7 Å². The molecule has 0 saturated carbocycles. The topological polar surface area (TPSA) is 82.3 Å². The van der Waals surface area contributed by atoms with Crippen molar-refractivity contribution in [1.29, 1.82) is 0 Å². The third kappa shape index (κ3) is 3.89. The summed E-state index contributed by atoms with van der Waals surface area (Å²) in [6.45, 7) is 1.38. The van der Waals surface area contributed by atoms with Gasteiger partial charge < -0.3 is 20.5 Å². The minimum atomic E-state index is -0.478. The third-order valence-electron chi connectivity index (χ3n) is 4.41. The molecule has 8 heteroatoms. The van der Waals surface area contributed by atoms with Gasteiger partial charge in [0, 0.05) is 30.0 Å². The van der Waals surface area contributed by atoms with Crippen LogP contribution >= 0.6 is 11.6 Å². The maximum Gasteiger partial charge on any atom is 0.144 e. The van der Waals surface area contributed by atoms with E-state index in [2.05, 4.69) is 15.3 Å². The van der Waals surface area contributed by atoms with Crippen LogP contribution in [0.4, 0.5) is 21.6 Å². The number of fused-ring (bicyclic) bond motifs is 1. The summed E-state index contributed by atoms with van der Waals surface area (Å²) in [5, 5.41) is 3.89. The molecule has 0 amide bonds. The highest BCUT2D eigenvalue weighted by Gasteiger charge is 2.18. The summed E-state index contributed by atoms with van der Waals surface area (Å²) >= 11 is 5.84. The second-order valence-electron chi connectivity index (χ2n) is 6.31. The van der Waals surface area contributed by atoms with Gasteiger partial charge >= 0.3 is 0 Å². The van der Waals surface area contributed by atoms with Gasteiger partial charge in [-0.25, -0.2) is 14.4 Å². The van der Waals surface area contributed by atoms with E-state index in [0.717, 1.165) is 18.2 Å².